The number of anilines is 1. The van der Waals surface area contributed by atoms with Gasteiger partial charge in [0.1, 0.15) is 5.75 Å². The fourth-order valence-corrected chi connectivity index (χ4v) is 2.17. The zero-order chi connectivity index (χ0) is 14.4. The SMILES string of the molecule is Cc1ccc(O)c(CNc2cccc(CCCO)c2)c1. The van der Waals surface area contributed by atoms with Crippen molar-refractivity contribution in [2.75, 3.05) is 11.9 Å². The lowest BCUT2D eigenvalue weighted by Crippen LogP contribution is -2.01. The molecule has 2 rings (SSSR count). The van der Waals surface area contributed by atoms with Crippen LogP contribution in [0, 0.1) is 6.92 Å². The van der Waals surface area contributed by atoms with Gasteiger partial charge in [-0.1, -0.05) is 29.8 Å². The van der Waals surface area contributed by atoms with Crippen molar-refractivity contribution in [2.24, 2.45) is 0 Å². The van der Waals surface area contributed by atoms with E-state index in [4.69, 9.17) is 5.11 Å². The fourth-order valence-electron chi connectivity index (χ4n) is 2.17. The Balaban J connectivity index is 2.01. The molecule has 0 aromatic heterocycles. The molecule has 3 heteroatoms. The third-order valence-corrected chi connectivity index (χ3v) is 3.27. The summed E-state index contributed by atoms with van der Waals surface area (Å²) in [6.45, 7) is 2.82. The number of aryl methyl sites for hydroxylation is 2. The summed E-state index contributed by atoms with van der Waals surface area (Å²) in [6, 6.07) is 13.8. The van der Waals surface area contributed by atoms with E-state index < -0.39 is 0 Å². The summed E-state index contributed by atoms with van der Waals surface area (Å²) in [5.74, 6) is 0.319. The molecule has 0 aliphatic rings. The van der Waals surface area contributed by atoms with E-state index in [2.05, 4.69) is 17.4 Å². The number of aromatic hydroxyl groups is 1. The van der Waals surface area contributed by atoms with Crippen LogP contribution in [0.4, 0.5) is 5.69 Å². The highest BCUT2D eigenvalue weighted by Crippen LogP contribution is 2.20. The van der Waals surface area contributed by atoms with Gasteiger partial charge in [-0.2, -0.15) is 0 Å². The van der Waals surface area contributed by atoms with Gasteiger partial charge in [0.2, 0.25) is 0 Å². The van der Waals surface area contributed by atoms with Gasteiger partial charge in [-0.05, 0) is 43.5 Å². The minimum atomic E-state index is 0.217. The van der Waals surface area contributed by atoms with Gasteiger partial charge in [0.15, 0.2) is 0 Å². The van der Waals surface area contributed by atoms with Crippen molar-refractivity contribution in [3.63, 3.8) is 0 Å². The third kappa shape index (κ3) is 4.00. The zero-order valence-corrected chi connectivity index (χ0v) is 11.8. The molecule has 0 saturated heterocycles. The average molecular weight is 271 g/mol. The summed E-state index contributed by atoms with van der Waals surface area (Å²) in [4.78, 5) is 0. The Labute approximate surface area is 119 Å². The lowest BCUT2D eigenvalue weighted by Gasteiger charge is -2.10. The zero-order valence-electron chi connectivity index (χ0n) is 11.8. The minimum absolute atomic E-state index is 0.217. The lowest BCUT2D eigenvalue weighted by molar-refractivity contribution is 0.288. The second-order valence-corrected chi connectivity index (χ2v) is 5.01. The van der Waals surface area contributed by atoms with Crippen molar-refractivity contribution in [2.45, 2.75) is 26.3 Å². The molecule has 0 unspecified atom stereocenters. The van der Waals surface area contributed by atoms with Crippen LogP contribution in [0.3, 0.4) is 0 Å². The van der Waals surface area contributed by atoms with Crippen LogP contribution in [-0.2, 0) is 13.0 Å². The summed E-state index contributed by atoms with van der Waals surface area (Å²) in [6.07, 6.45) is 1.66. The van der Waals surface area contributed by atoms with Crippen molar-refractivity contribution >= 4 is 5.69 Å². The number of benzene rings is 2. The average Bonchev–Trinajstić information content (AvgIpc) is 2.46. The van der Waals surface area contributed by atoms with E-state index in [-0.39, 0.29) is 6.61 Å². The molecular weight excluding hydrogens is 250 g/mol. The molecule has 0 heterocycles. The second-order valence-electron chi connectivity index (χ2n) is 5.01. The first kappa shape index (κ1) is 14.4. The number of aliphatic hydroxyl groups is 1. The van der Waals surface area contributed by atoms with Crippen molar-refractivity contribution in [1.82, 2.24) is 0 Å². The van der Waals surface area contributed by atoms with Crippen LogP contribution in [0.25, 0.3) is 0 Å². The summed E-state index contributed by atoms with van der Waals surface area (Å²) in [5.41, 5.74) is 4.26. The normalized spacial score (nSPS) is 10.5. The van der Waals surface area contributed by atoms with Gasteiger partial charge in [-0.15, -0.1) is 0 Å². The highest BCUT2D eigenvalue weighted by Gasteiger charge is 2.02. The van der Waals surface area contributed by atoms with Crippen LogP contribution < -0.4 is 5.32 Å². The number of hydrogen-bond donors (Lipinski definition) is 3. The van der Waals surface area contributed by atoms with Crippen molar-refractivity contribution in [3.05, 3.63) is 59.2 Å². The quantitative estimate of drug-likeness (QED) is 0.756. The van der Waals surface area contributed by atoms with Crippen molar-refractivity contribution in [3.8, 4) is 5.75 Å². The van der Waals surface area contributed by atoms with Gasteiger partial charge in [0, 0.05) is 24.4 Å². The van der Waals surface area contributed by atoms with E-state index in [9.17, 15) is 5.11 Å². The van der Waals surface area contributed by atoms with E-state index in [0.717, 1.165) is 29.7 Å². The summed E-state index contributed by atoms with van der Waals surface area (Å²) in [5, 5.41) is 22.0. The molecule has 0 atom stereocenters. The maximum absolute atomic E-state index is 9.82. The first-order valence-electron chi connectivity index (χ1n) is 6.91. The fraction of sp³-hybridized carbons (Fsp3) is 0.294. The molecule has 0 spiro atoms. The van der Waals surface area contributed by atoms with E-state index in [1.54, 1.807) is 6.07 Å². The van der Waals surface area contributed by atoms with Crippen molar-refractivity contribution in [1.29, 1.82) is 0 Å². The molecule has 3 nitrogen and oxygen atoms in total. The van der Waals surface area contributed by atoms with Gasteiger partial charge < -0.3 is 15.5 Å². The van der Waals surface area contributed by atoms with Crippen LogP contribution in [0.5, 0.6) is 5.75 Å². The van der Waals surface area contributed by atoms with E-state index in [0.29, 0.717) is 12.3 Å². The predicted molar refractivity (Wildman–Crippen MR) is 82.0 cm³/mol. The maximum atomic E-state index is 9.82. The molecule has 0 radical (unpaired) electrons. The van der Waals surface area contributed by atoms with Gasteiger partial charge in [0.25, 0.3) is 0 Å². The van der Waals surface area contributed by atoms with E-state index >= 15 is 0 Å². The van der Waals surface area contributed by atoms with E-state index in [1.807, 2.05) is 31.2 Å². The standard InChI is InChI=1S/C17H21NO2/c1-13-7-8-17(20)15(10-13)12-18-16-6-2-4-14(11-16)5-3-9-19/h2,4,6-8,10-11,18-20H,3,5,9,12H2,1H3. The molecule has 2 aromatic carbocycles. The van der Waals surface area contributed by atoms with Crippen LogP contribution in [-0.4, -0.2) is 16.8 Å². The van der Waals surface area contributed by atoms with E-state index in [1.165, 1.54) is 5.56 Å². The Kier molecular flexibility index (Phi) is 5.02. The Morgan fingerprint density at radius 1 is 1.10 bits per heavy atom. The van der Waals surface area contributed by atoms with Gasteiger partial charge in [0.05, 0.1) is 0 Å². The monoisotopic (exact) mass is 271 g/mol. The predicted octanol–water partition coefficient (Wildman–Crippen LogP) is 3.24. The molecule has 20 heavy (non-hydrogen) atoms. The smallest absolute Gasteiger partial charge is 0.120 e. The Morgan fingerprint density at radius 3 is 2.75 bits per heavy atom. The number of rotatable bonds is 6. The van der Waals surface area contributed by atoms with Crippen molar-refractivity contribution < 1.29 is 10.2 Å². The number of phenolic OH excluding ortho intramolecular Hbond substituents is 1. The highest BCUT2D eigenvalue weighted by atomic mass is 16.3. The summed E-state index contributed by atoms with van der Waals surface area (Å²) < 4.78 is 0. The number of phenols is 1. The summed E-state index contributed by atoms with van der Waals surface area (Å²) in [7, 11) is 0. The molecule has 0 aliphatic heterocycles. The van der Waals surface area contributed by atoms with Gasteiger partial charge >= 0.3 is 0 Å². The molecule has 0 aliphatic carbocycles. The van der Waals surface area contributed by atoms with Crippen LogP contribution >= 0.6 is 0 Å². The molecular formula is C17H21NO2. The van der Waals surface area contributed by atoms with Gasteiger partial charge in [-0.25, -0.2) is 0 Å². The molecule has 0 bridgehead atoms. The first-order valence-corrected chi connectivity index (χ1v) is 6.91. The van der Waals surface area contributed by atoms with Gasteiger partial charge in [-0.3, -0.25) is 0 Å². The topological polar surface area (TPSA) is 52.5 Å². The lowest BCUT2D eigenvalue weighted by atomic mass is 10.1. The minimum Gasteiger partial charge on any atom is -0.508 e. The largest absolute Gasteiger partial charge is 0.508 e. The molecule has 3 N–H and O–H groups in total. The second kappa shape index (κ2) is 6.96. The molecule has 0 amide bonds. The molecule has 0 saturated carbocycles. The third-order valence-electron chi connectivity index (χ3n) is 3.27. The Bertz CT molecular complexity index is 567. The maximum Gasteiger partial charge on any atom is 0.120 e. The number of aliphatic hydroxyl groups excluding tert-OH is 1. The number of hydrogen-bond acceptors (Lipinski definition) is 3. The molecule has 106 valence electrons. The molecule has 2 aromatic rings. The van der Waals surface area contributed by atoms with Crippen LogP contribution in [0.1, 0.15) is 23.1 Å². The van der Waals surface area contributed by atoms with Crippen LogP contribution in [0.15, 0.2) is 42.5 Å². The van der Waals surface area contributed by atoms with Crippen LogP contribution in [0.2, 0.25) is 0 Å². The number of nitrogens with one attached hydrogen (secondary N) is 1. The summed E-state index contributed by atoms with van der Waals surface area (Å²) >= 11 is 0. The molecule has 0 fully saturated rings. The Hall–Kier alpha value is -2.00. The highest BCUT2D eigenvalue weighted by molar-refractivity contribution is 5.47. The Morgan fingerprint density at radius 2 is 1.95 bits per heavy atom. The first-order chi connectivity index (χ1) is 9.69.